The van der Waals surface area contributed by atoms with Gasteiger partial charge in [0, 0.05) is 5.56 Å². The minimum atomic E-state index is -1.01. The molecule has 1 spiro atoms. The summed E-state index contributed by atoms with van der Waals surface area (Å²) in [5.74, 6) is 3.20. The molecule has 2 aromatic carbocycles. The quantitative estimate of drug-likeness (QED) is 0.642. The Labute approximate surface area is 177 Å². The Morgan fingerprint density at radius 2 is 1.63 bits per heavy atom. The molecule has 4 bridgehead atoms. The van der Waals surface area contributed by atoms with Gasteiger partial charge in [0.1, 0.15) is 12.4 Å². The van der Waals surface area contributed by atoms with Gasteiger partial charge < -0.3 is 4.74 Å². The molecule has 0 radical (unpaired) electrons. The van der Waals surface area contributed by atoms with E-state index in [9.17, 15) is 4.79 Å². The predicted octanol–water partition coefficient (Wildman–Crippen LogP) is 5.21. The molecule has 1 aliphatic heterocycles. The van der Waals surface area contributed by atoms with Crippen LogP contribution >= 0.6 is 0 Å². The van der Waals surface area contributed by atoms with E-state index in [0.29, 0.717) is 18.4 Å². The van der Waals surface area contributed by atoms with Gasteiger partial charge in [-0.15, -0.1) is 0 Å². The van der Waals surface area contributed by atoms with Gasteiger partial charge in [-0.2, -0.15) is 0 Å². The number of carbonyl (C=O) groups excluding carboxylic acids is 1. The highest BCUT2D eigenvalue weighted by Crippen LogP contribution is 2.69. The molecule has 2 aromatic rings. The summed E-state index contributed by atoms with van der Waals surface area (Å²) in [4.78, 5) is 25.1. The summed E-state index contributed by atoms with van der Waals surface area (Å²) in [5, 5.41) is 0. The monoisotopic (exact) mass is 404 g/mol. The maximum atomic E-state index is 13.2. The Morgan fingerprint density at radius 1 is 0.933 bits per heavy atom. The molecule has 1 atom stereocenters. The standard InChI is InChI=1S/C26H28O4/c1-17(27)25(21-8-5-9-24(15-21)28-16-18-6-3-2-4-7-18)26(30-29-25)22-11-19-10-20(13-22)14-23(26)12-19/h2-9,15,19-20,22-23H,10-14,16H2,1H3. The van der Waals surface area contributed by atoms with E-state index in [0.717, 1.165) is 54.4 Å². The van der Waals surface area contributed by atoms with Gasteiger partial charge in [-0.25, -0.2) is 9.78 Å². The van der Waals surface area contributed by atoms with E-state index in [1.54, 1.807) is 6.92 Å². The van der Waals surface area contributed by atoms with Crippen molar-refractivity contribution in [1.82, 2.24) is 0 Å². The molecular formula is C26H28O4. The zero-order chi connectivity index (χ0) is 20.3. The smallest absolute Gasteiger partial charge is 0.218 e. The van der Waals surface area contributed by atoms with Crippen LogP contribution in [0.15, 0.2) is 54.6 Å². The van der Waals surface area contributed by atoms with E-state index in [1.807, 2.05) is 54.6 Å². The van der Waals surface area contributed by atoms with E-state index >= 15 is 0 Å². The molecule has 156 valence electrons. The SMILES string of the molecule is CC(=O)C1(c2cccc(OCc3ccccc3)c2)OOC12C1CC3CC(C1)CC2C3. The maximum Gasteiger partial charge on any atom is 0.218 e. The Bertz CT molecular complexity index is 940. The molecule has 0 aromatic heterocycles. The number of carbonyl (C=O) groups is 1. The molecule has 4 aliphatic carbocycles. The fourth-order valence-corrected chi connectivity index (χ4v) is 7.17. The fraction of sp³-hybridized carbons (Fsp3) is 0.500. The minimum Gasteiger partial charge on any atom is -0.489 e. The lowest BCUT2D eigenvalue weighted by Gasteiger charge is -2.69. The van der Waals surface area contributed by atoms with E-state index in [2.05, 4.69) is 0 Å². The van der Waals surface area contributed by atoms with Gasteiger partial charge in [0.2, 0.25) is 5.60 Å². The lowest BCUT2D eigenvalue weighted by Crippen LogP contribution is -2.78. The number of benzene rings is 2. The molecule has 4 saturated carbocycles. The summed E-state index contributed by atoms with van der Waals surface area (Å²) in [7, 11) is 0. The van der Waals surface area contributed by atoms with Crippen LogP contribution in [0.25, 0.3) is 0 Å². The zero-order valence-electron chi connectivity index (χ0n) is 17.4. The fourth-order valence-electron chi connectivity index (χ4n) is 7.17. The Balaban J connectivity index is 1.35. The van der Waals surface area contributed by atoms with Crippen LogP contribution in [-0.2, 0) is 26.8 Å². The van der Waals surface area contributed by atoms with Crippen molar-refractivity contribution < 1.29 is 19.3 Å². The number of hydrogen-bond donors (Lipinski definition) is 0. The molecule has 1 saturated heterocycles. The molecule has 4 nitrogen and oxygen atoms in total. The maximum absolute atomic E-state index is 13.2. The molecule has 30 heavy (non-hydrogen) atoms. The van der Waals surface area contributed by atoms with Crippen molar-refractivity contribution in [2.24, 2.45) is 23.7 Å². The van der Waals surface area contributed by atoms with Crippen LogP contribution in [0.3, 0.4) is 0 Å². The summed E-state index contributed by atoms with van der Waals surface area (Å²) >= 11 is 0. The number of hydrogen-bond acceptors (Lipinski definition) is 4. The zero-order valence-corrected chi connectivity index (χ0v) is 17.4. The molecule has 0 amide bonds. The van der Waals surface area contributed by atoms with Crippen LogP contribution in [0.2, 0.25) is 0 Å². The normalized spacial score (nSPS) is 38.4. The van der Waals surface area contributed by atoms with Gasteiger partial charge in [-0.05, 0) is 80.4 Å². The van der Waals surface area contributed by atoms with Gasteiger partial charge in [0.05, 0.1) is 0 Å². The summed E-state index contributed by atoms with van der Waals surface area (Å²) in [6.45, 7) is 2.15. The first-order chi connectivity index (χ1) is 14.6. The molecular weight excluding hydrogens is 376 g/mol. The number of ketones is 1. The molecule has 5 aliphatic rings. The van der Waals surface area contributed by atoms with Crippen LogP contribution in [0.1, 0.15) is 50.2 Å². The van der Waals surface area contributed by atoms with Crippen LogP contribution in [0.4, 0.5) is 0 Å². The van der Waals surface area contributed by atoms with Crippen LogP contribution in [-0.4, -0.2) is 11.4 Å². The molecule has 1 unspecified atom stereocenters. The molecule has 5 fully saturated rings. The predicted molar refractivity (Wildman–Crippen MR) is 112 cm³/mol. The third-order valence-electron chi connectivity index (χ3n) is 8.19. The number of rotatable bonds is 5. The van der Waals surface area contributed by atoms with Crippen molar-refractivity contribution in [3.05, 3.63) is 65.7 Å². The van der Waals surface area contributed by atoms with Gasteiger partial charge in [-0.3, -0.25) is 4.79 Å². The van der Waals surface area contributed by atoms with Crippen molar-refractivity contribution in [3.8, 4) is 5.75 Å². The summed E-state index contributed by atoms with van der Waals surface area (Å²) < 4.78 is 6.06. The molecule has 1 heterocycles. The second-order valence-electron chi connectivity index (χ2n) is 9.80. The van der Waals surface area contributed by atoms with Crippen molar-refractivity contribution in [1.29, 1.82) is 0 Å². The average molecular weight is 405 g/mol. The Hall–Kier alpha value is -2.17. The van der Waals surface area contributed by atoms with Crippen molar-refractivity contribution in [3.63, 3.8) is 0 Å². The van der Waals surface area contributed by atoms with Crippen molar-refractivity contribution >= 4 is 5.78 Å². The van der Waals surface area contributed by atoms with Crippen LogP contribution in [0.5, 0.6) is 5.75 Å². The lowest BCUT2D eigenvalue weighted by atomic mass is 9.44. The van der Waals surface area contributed by atoms with Gasteiger partial charge >= 0.3 is 0 Å². The van der Waals surface area contributed by atoms with Crippen LogP contribution in [0, 0.1) is 23.7 Å². The highest BCUT2D eigenvalue weighted by atomic mass is 17.3. The minimum absolute atomic E-state index is 0.0430. The third kappa shape index (κ3) is 2.44. The molecule has 4 heteroatoms. The van der Waals surface area contributed by atoms with Gasteiger partial charge in [-0.1, -0.05) is 42.5 Å². The first-order valence-electron chi connectivity index (χ1n) is 11.3. The summed E-state index contributed by atoms with van der Waals surface area (Å²) in [6, 6.07) is 18.0. The summed E-state index contributed by atoms with van der Waals surface area (Å²) in [5.41, 5.74) is 0.468. The van der Waals surface area contributed by atoms with Gasteiger partial charge in [0.15, 0.2) is 11.4 Å². The summed E-state index contributed by atoms with van der Waals surface area (Å²) in [6.07, 6.45) is 6.01. The third-order valence-corrected chi connectivity index (χ3v) is 8.19. The first kappa shape index (κ1) is 18.6. The second kappa shape index (κ2) is 6.66. The van der Waals surface area contributed by atoms with Crippen molar-refractivity contribution in [2.45, 2.75) is 56.8 Å². The number of ether oxygens (including phenoxy) is 1. The topological polar surface area (TPSA) is 44.8 Å². The largest absolute Gasteiger partial charge is 0.489 e. The van der Waals surface area contributed by atoms with Crippen LogP contribution < -0.4 is 4.74 Å². The first-order valence-corrected chi connectivity index (χ1v) is 11.3. The number of Topliss-reactive ketones (excluding diaryl/α,β-unsaturated/α-hetero) is 1. The van der Waals surface area contributed by atoms with Gasteiger partial charge in [0.25, 0.3) is 0 Å². The Kier molecular flexibility index (Phi) is 4.13. The average Bonchev–Trinajstić information content (AvgIpc) is 2.72. The van der Waals surface area contributed by atoms with Crippen molar-refractivity contribution in [2.75, 3.05) is 0 Å². The van der Waals surface area contributed by atoms with E-state index in [4.69, 9.17) is 14.5 Å². The highest BCUT2D eigenvalue weighted by Gasteiger charge is 2.77. The highest BCUT2D eigenvalue weighted by molar-refractivity contribution is 5.89. The van der Waals surface area contributed by atoms with E-state index in [1.165, 1.54) is 6.42 Å². The second-order valence-corrected chi connectivity index (χ2v) is 9.80. The Morgan fingerprint density at radius 3 is 2.23 bits per heavy atom. The van der Waals surface area contributed by atoms with E-state index in [-0.39, 0.29) is 5.78 Å². The molecule has 0 N–H and O–H groups in total. The molecule has 7 rings (SSSR count). The lowest BCUT2D eigenvalue weighted by molar-refractivity contribution is -0.578. The van der Waals surface area contributed by atoms with E-state index < -0.39 is 11.2 Å².